The highest BCUT2D eigenvalue weighted by molar-refractivity contribution is 5.68. The largest absolute Gasteiger partial charge is 0.497 e. The van der Waals surface area contributed by atoms with E-state index in [-0.39, 0.29) is 11.8 Å². The first-order valence-corrected chi connectivity index (χ1v) is 9.89. The fourth-order valence-electron chi connectivity index (χ4n) is 4.61. The van der Waals surface area contributed by atoms with E-state index in [0.717, 1.165) is 36.0 Å². The van der Waals surface area contributed by atoms with Gasteiger partial charge in [0.2, 0.25) is 0 Å². The van der Waals surface area contributed by atoms with Gasteiger partial charge in [-0.1, -0.05) is 25.1 Å². The zero-order valence-corrected chi connectivity index (χ0v) is 15.9. The molecule has 2 heterocycles. The van der Waals surface area contributed by atoms with Crippen LogP contribution in [0.25, 0.3) is 5.70 Å². The van der Waals surface area contributed by atoms with Crippen molar-refractivity contribution in [3.63, 3.8) is 0 Å². The second kappa shape index (κ2) is 6.31. The fraction of sp³-hybridized carbons (Fsp3) is 0.391. The van der Waals surface area contributed by atoms with Crippen LogP contribution in [0.2, 0.25) is 0 Å². The van der Waals surface area contributed by atoms with Crippen LogP contribution in [-0.2, 0) is 0 Å². The maximum atomic E-state index is 6.65. The molecule has 1 fully saturated rings. The van der Waals surface area contributed by atoms with E-state index in [9.17, 15) is 0 Å². The van der Waals surface area contributed by atoms with Crippen LogP contribution in [0.1, 0.15) is 49.8 Å². The third kappa shape index (κ3) is 2.71. The van der Waals surface area contributed by atoms with Gasteiger partial charge >= 0.3 is 0 Å². The number of hydrogen-bond donors (Lipinski definition) is 1. The van der Waals surface area contributed by atoms with E-state index in [1.165, 1.54) is 24.0 Å². The summed E-state index contributed by atoms with van der Waals surface area (Å²) in [6.45, 7) is 2.35. The van der Waals surface area contributed by atoms with Gasteiger partial charge in [0, 0.05) is 18.4 Å². The first-order valence-electron chi connectivity index (χ1n) is 9.89. The van der Waals surface area contributed by atoms with Gasteiger partial charge in [0.25, 0.3) is 0 Å². The molecule has 0 amide bonds. The van der Waals surface area contributed by atoms with E-state index >= 15 is 0 Å². The lowest BCUT2D eigenvalue weighted by atomic mass is 9.82. The number of fused-ring (bicyclic) bond motifs is 4. The third-order valence-corrected chi connectivity index (χ3v) is 6.28. The van der Waals surface area contributed by atoms with E-state index < -0.39 is 0 Å². The summed E-state index contributed by atoms with van der Waals surface area (Å²) >= 11 is 0. The third-order valence-electron chi connectivity index (χ3n) is 6.28. The fourth-order valence-corrected chi connectivity index (χ4v) is 4.61. The van der Waals surface area contributed by atoms with Crippen molar-refractivity contribution >= 4 is 5.70 Å². The Morgan fingerprint density at radius 2 is 1.81 bits per heavy atom. The van der Waals surface area contributed by atoms with Crippen LogP contribution in [0.5, 0.6) is 11.5 Å². The highest BCUT2D eigenvalue weighted by Crippen LogP contribution is 2.50. The van der Waals surface area contributed by atoms with Gasteiger partial charge in [0.1, 0.15) is 11.5 Å². The highest BCUT2D eigenvalue weighted by Gasteiger charge is 2.51. The molecule has 0 saturated heterocycles. The molecule has 4 heteroatoms. The first kappa shape index (κ1) is 16.7. The van der Waals surface area contributed by atoms with Crippen molar-refractivity contribution < 1.29 is 9.47 Å². The molecule has 0 unspecified atom stereocenters. The Morgan fingerprint density at radius 3 is 2.56 bits per heavy atom. The standard InChI is InChI=1S/C23H26N2O2/c1-16-11-13-23(14-12-16)25-21(19-5-3-4-6-22(19)27-23)15-20(24-25)17-7-9-18(26-2)10-8-17/h3-10,15-16,21,24H,11-14H2,1-2H3/t16?,21-,23?/m1/s1. The summed E-state index contributed by atoms with van der Waals surface area (Å²) in [6, 6.07) is 16.9. The molecule has 1 aliphatic carbocycles. The molecular weight excluding hydrogens is 336 g/mol. The van der Waals surface area contributed by atoms with Gasteiger partial charge in [-0.25, -0.2) is 0 Å². The number of methoxy groups -OCH3 is 1. The summed E-state index contributed by atoms with van der Waals surface area (Å²) in [5.74, 6) is 2.68. The maximum absolute atomic E-state index is 6.65. The number of nitrogens with one attached hydrogen (secondary N) is 1. The van der Waals surface area contributed by atoms with Crippen molar-refractivity contribution in [1.29, 1.82) is 0 Å². The van der Waals surface area contributed by atoms with Crippen molar-refractivity contribution in [2.45, 2.75) is 44.4 Å². The van der Waals surface area contributed by atoms with Gasteiger partial charge in [0.05, 0.1) is 18.8 Å². The number of para-hydroxylation sites is 1. The summed E-state index contributed by atoms with van der Waals surface area (Å²) in [4.78, 5) is 0. The molecule has 2 aliphatic heterocycles. The molecule has 2 aromatic rings. The minimum atomic E-state index is -0.268. The number of rotatable bonds is 2. The van der Waals surface area contributed by atoms with Crippen molar-refractivity contribution in [1.82, 2.24) is 10.4 Å². The minimum absolute atomic E-state index is 0.195. The molecule has 1 spiro atoms. The van der Waals surface area contributed by atoms with Crippen LogP contribution in [-0.4, -0.2) is 17.8 Å². The number of hydrogen-bond acceptors (Lipinski definition) is 4. The smallest absolute Gasteiger partial charge is 0.180 e. The van der Waals surface area contributed by atoms with E-state index in [2.05, 4.69) is 59.8 Å². The van der Waals surface area contributed by atoms with Crippen molar-refractivity contribution in [3.05, 3.63) is 65.7 Å². The van der Waals surface area contributed by atoms with Crippen molar-refractivity contribution in [2.24, 2.45) is 5.92 Å². The highest BCUT2D eigenvalue weighted by atomic mass is 16.5. The van der Waals surface area contributed by atoms with Crippen molar-refractivity contribution in [3.8, 4) is 11.5 Å². The van der Waals surface area contributed by atoms with Gasteiger partial charge in [-0.3, -0.25) is 0 Å². The molecule has 1 saturated carbocycles. The first-order chi connectivity index (χ1) is 13.2. The normalized spacial score (nSPS) is 29.3. The second-order valence-electron chi connectivity index (χ2n) is 8.00. The van der Waals surface area contributed by atoms with E-state index in [1.807, 2.05) is 12.1 Å². The molecule has 5 rings (SSSR count). The van der Waals surface area contributed by atoms with Crippen LogP contribution in [0, 0.1) is 5.92 Å². The SMILES string of the molecule is COc1ccc(C2=C[C@@H]3c4ccccc4OC4(CCC(C)CC4)N3N2)cc1. The molecule has 0 aromatic heterocycles. The van der Waals surface area contributed by atoms with E-state index in [1.54, 1.807) is 7.11 Å². The molecule has 4 nitrogen and oxygen atoms in total. The Hall–Kier alpha value is -2.46. The molecule has 2 aromatic carbocycles. The van der Waals surface area contributed by atoms with Crippen LogP contribution >= 0.6 is 0 Å². The molecule has 140 valence electrons. The second-order valence-corrected chi connectivity index (χ2v) is 8.00. The Morgan fingerprint density at radius 1 is 1.07 bits per heavy atom. The Balaban J connectivity index is 1.54. The van der Waals surface area contributed by atoms with Crippen LogP contribution in [0.3, 0.4) is 0 Å². The maximum Gasteiger partial charge on any atom is 0.180 e. The number of nitrogens with zero attached hydrogens (tertiary/aromatic N) is 1. The van der Waals surface area contributed by atoms with E-state index in [0.29, 0.717) is 0 Å². The minimum Gasteiger partial charge on any atom is -0.497 e. The lowest BCUT2D eigenvalue weighted by Gasteiger charge is -2.51. The van der Waals surface area contributed by atoms with Gasteiger partial charge in [-0.15, -0.1) is 0 Å². The van der Waals surface area contributed by atoms with Crippen LogP contribution < -0.4 is 14.9 Å². The molecule has 1 atom stereocenters. The lowest BCUT2D eigenvalue weighted by Crippen LogP contribution is -2.60. The predicted molar refractivity (Wildman–Crippen MR) is 106 cm³/mol. The van der Waals surface area contributed by atoms with Crippen LogP contribution in [0.15, 0.2) is 54.6 Å². The zero-order chi connectivity index (χ0) is 18.4. The van der Waals surface area contributed by atoms with Gasteiger partial charge in [0.15, 0.2) is 5.72 Å². The quantitative estimate of drug-likeness (QED) is 0.824. The summed E-state index contributed by atoms with van der Waals surface area (Å²) in [5, 5.41) is 2.36. The molecule has 0 bridgehead atoms. The zero-order valence-electron chi connectivity index (χ0n) is 15.9. The number of ether oxygens (including phenoxy) is 2. The van der Waals surface area contributed by atoms with Crippen LogP contribution in [0.4, 0.5) is 0 Å². The van der Waals surface area contributed by atoms with Crippen molar-refractivity contribution in [2.75, 3.05) is 7.11 Å². The van der Waals surface area contributed by atoms with E-state index in [4.69, 9.17) is 9.47 Å². The van der Waals surface area contributed by atoms with Gasteiger partial charge in [-0.2, -0.15) is 5.01 Å². The summed E-state index contributed by atoms with van der Waals surface area (Å²) in [5.41, 5.74) is 6.97. The molecular formula is C23H26N2O2. The monoisotopic (exact) mass is 362 g/mol. The molecule has 27 heavy (non-hydrogen) atoms. The Kier molecular flexibility index (Phi) is 3.90. The Bertz CT molecular complexity index is 866. The summed E-state index contributed by atoms with van der Waals surface area (Å²) < 4.78 is 12.0. The Labute approximate surface area is 160 Å². The summed E-state index contributed by atoms with van der Waals surface area (Å²) in [7, 11) is 1.70. The van der Waals surface area contributed by atoms with Gasteiger partial charge in [-0.05, 0) is 60.7 Å². The molecule has 1 N–H and O–H groups in total. The number of hydrazine groups is 1. The lowest BCUT2D eigenvalue weighted by molar-refractivity contribution is -0.155. The van der Waals surface area contributed by atoms with Gasteiger partial charge < -0.3 is 14.9 Å². The predicted octanol–water partition coefficient (Wildman–Crippen LogP) is 4.90. The molecule has 3 aliphatic rings. The molecule has 0 radical (unpaired) electrons. The average Bonchev–Trinajstić information content (AvgIpc) is 3.17. The topological polar surface area (TPSA) is 33.7 Å². The number of benzene rings is 2. The summed E-state index contributed by atoms with van der Waals surface area (Å²) in [6.07, 6.45) is 6.84. The average molecular weight is 362 g/mol.